The van der Waals surface area contributed by atoms with E-state index in [2.05, 4.69) is 196 Å². The first kappa shape index (κ1) is 35.2. The SMILES string of the molecule is c1ccc(-c2nc(-c3ccccc3)nc(-c3cccc4c3c3cc(-n5c6ccccc6c6ccc7c(c8ccccc8n7-c7ccccc7)c65)ccc3n4-c3ccccc3)n2)cc1. The van der Waals surface area contributed by atoms with Crippen molar-refractivity contribution >= 4 is 65.4 Å². The first-order valence-corrected chi connectivity index (χ1v) is 21.3. The van der Waals surface area contributed by atoms with Gasteiger partial charge in [-0.2, -0.15) is 0 Å². The third-order valence-electron chi connectivity index (χ3n) is 12.5. The van der Waals surface area contributed by atoms with Gasteiger partial charge in [-0.25, -0.2) is 15.0 Å². The summed E-state index contributed by atoms with van der Waals surface area (Å²) in [4.78, 5) is 15.5. The van der Waals surface area contributed by atoms with E-state index in [1.54, 1.807) is 0 Å². The van der Waals surface area contributed by atoms with Gasteiger partial charge in [-0.15, -0.1) is 0 Å². The molecule has 0 saturated heterocycles. The zero-order chi connectivity index (χ0) is 41.4. The monoisotopic (exact) mass is 804 g/mol. The van der Waals surface area contributed by atoms with Crippen LogP contribution in [0.1, 0.15) is 0 Å². The van der Waals surface area contributed by atoms with Gasteiger partial charge < -0.3 is 13.7 Å². The molecule has 294 valence electrons. The van der Waals surface area contributed by atoms with Crippen molar-refractivity contribution in [1.29, 1.82) is 0 Å². The minimum absolute atomic E-state index is 0.623. The van der Waals surface area contributed by atoms with E-state index in [9.17, 15) is 0 Å². The first-order valence-electron chi connectivity index (χ1n) is 21.3. The van der Waals surface area contributed by atoms with Crippen molar-refractivity contribution in [1.82, 2.24) is 28.7 Å². The fraction of sp³-hybridized carbons (Fsp3) is 0. The van der Waals surface area contributed by atoms with Crippen LogP contribution < -0.4 is 0 Å². The maximum absolute atomic E-state index is 5.24. The minimum Gasteiger partial charge on any atom is -0.309 e. The highest BCUT2D eigenvalue weighted by Crippen LogP contribution is 2.44. The maximum atomic E-state index is 5.24. The summed E-state index contributed by atoms with van der Waals surface area (Å²) in [5.74, 6) is 1.89. The number of benzene rings is 9. The number of nitrogens with zero attached hydrogens (tertiary/aromatic N) is 6. The summed E-state index contributed by atoms with van der Waals surface area (Å²) in [6, 6.07) is 77.3. The molecule has 0 amide bonds. The van der Waals surface area contributed by atoms with Gasteiger partial charge in [0.05, 0.1) is 33.1 Å². The van der Waals surface area contributed by atoms with Crippen LogP contribution in [0, 0.1) is 0 Å². The number of aromatic nitrogens is 6. The third-order valence-corrected chi connectivity index (χ3v) is 12.5. The van der Waals surface area contributed by atoms with Crippen LogP contribution in [0.4, 0.5) is 0 Å². The third kappa shape index (κ3) is 5.41. The van der Waals surface area contributed by atoms with Gasteiger partial charge in [0, 0.05) is 66.1 Å². The summed E-state index contributed by atoms with van der Waals surface area (Å²) in [6.45, 7) is 0. The van der Waals surface area contributed by atoms with E-state index in [-0.39, 0.29) is 0 Å². The van der Waals surface area contributed by atoms with E-state index >= 15 is 0 Å². The van der Waals surface area contributed by atoms with Crippen molar-refractivity contribution in [2.24, 2.45) is 0 Å². The van der Waals surface area contributed by atoms with Crippen molar-refractivity contribution in [3.05, 3.63) is 218 Å². The average Bonchev–Trinajstić information content (AvgIpc) is 4.00. The second-order valence-electron chi connectivity index (χ2n) is 16.0. The fourth-order valence-corrected chi connectivity index (χ4v) is 9.80. The number of rotatable bonds is 6. The maximum Gasteiger partial charge on any atom is 0.164 e. The summed E-state index contributed by atoms with van der Waals surface area (Å²) < 4.78 is 7.25. The second kappa shape index (κ2) is 14.0. The van der Waals surface area contributed by atoms with E-state index in [0.717, 1.165) is 61.1 Å². The van der Waals surface area contributed by atoms with Crippen LogP contribution >= 0.6 is 0 Å². The van der Waals surface area contributed by atoms with Crippen LogP contribution in [0.5, 0.6) is 0 Å². The predicted octanol–water partition coefficient (Wildman–Crippen LogP) is 14.2. The van der Waals surface area contributed by atoms with Gasteiger partial charge in [0.15, 0.2) is 17.5 Å². The molecule has 0 aliphatic rings. The number of hydrogen-bond acceptors (Lipinski definition) is 3. The molecule has 13 aromatic rings. The molecule has 0 fully saturated rings. The normalized spacial score (nSPS) is 11.8. The van der Waals surface area contributed by atoms with E-state index < -0.39 is 0 Å². The van der Waals surface area contributed by atoms with E-state index in [0.29, 0.717) is 17.5 Å². The highest BCUT2D eigenvalue weighted by Gasteiger charge is 2.24. The van der Waals surface area contributed by atoms with Gasteiger partial charge >= 0.3 is 0 Å². The minimum atomic E-state index is 0.623. The van der Waals surface area contributed by atoms with Crippen molar-refractivity contribution in [3.63, 3.8) is 0 Å². The lowest BCUT2D eigenvalue weighted by molar-refractivity contribution is 1.08. The van der Waals surface area contributed by atoms with E-state index in [1.165, 1.54) is 38.1 Å². The zero-order valence-electron chi connectivity index (χ0n) is 34.0. The molecule has 9 aromatic carbocycles. The largest absolute Gasteiger partial charge is 0.309 e. The van der Waals surface area contributed by atoms with Crippen LogP contribution in [0.2, 0.25) is 0 Å². The number of para-hydroxylation sites is 4. The molecular formula is C57H36N6. The van der Waals surface area contributed by atoms with Crippen molar-refractivity contribution < 1.29 is 0 Å². The highest BCUT2D eigenvalue weighted by molar-refractivity contribution is 6.26. The summed E-state index contributed by atoms with van der Waals surface area (Å²) in [6.07, 6.45) is 0. The van der Waals surface area contributed by atoms with Gasteiger partial charge in [0.25, 0.3) is 0 Å². The Kier molecular flexibility index (Phi) is 7.80. The van der Waals surface area contributed by atoms with Gasteiger partial charge in [0.2, 0.25) is 0 Å². The smallest absolute Gasteiger partial charge is 0.164 e. The van der Waals surface area contributed by atoms with Crippen molar-refractivity contribution in [2.75, 3.05) is 0 Å². The van der Waals surface area contributed by atoms with Crippen LogP contribution in [-0.4, -0.2) is 28.7 Å². The first-order chi connectivity index (χ1) is 31.3. The Morgan fingerprint density at radius 3 is 1.38 bits per heavy atom. The van der Waals surface area contributed by atoms with Crippen LogP contribution in [-0.2, 0) is 0 Å². The molecular weight excluding hydrogens is 769 g/mol. The molecule has 4 heterocycles. The standard InChI is InChI=1S/C57H36N6/c1-5-18-37(19-6-1)55-58-56(38-20-7-2-8-21-38)60-57(59-55)45-28-17-31-50-52(45)46-36-41(32-34-49(46)62(50)40-24-11-4-12-25-40)63-47-29-15-13-26-42(47)43-33-35-51-53(54(43)63)44-27-14-16-30-48(44)61(51)39-22-9-3-10-23-39/h1-36H. The van der Waals surface area contributed by atoms with E-state index in [4.69, 9.17) is 15.0 Å². The molecule has 0 N–H and O–H groups in total. The fourth-order valence-electron chi connectivity index (χ4n) is 9.80. The lowest BCUT2D eigenvalue weighted by Crippen LogP contribution is -2.00. The Morgan fingerprint density at radius 2 is 0.746 bits per heavy atom. The molecule has 0 bridgehead atoms. The summed E-state index contributed by atoms with van der Waals surface area (Å²) in [5.41, 5.74) is 13.0. The van der Waals surface area contributed by atoms with Gasteiger partial charge in [-0.3, -0.25) is 0 Å². The molecule has 6 heteroatoms. The molecule has 0 radical (unpaired) electrons. The highest BCUT2D eigenvalue weighted by atomic mass is 15.0. The average molecular weight is 805 g/mol. The summed E-state index contributed by atoms with van der Waals surface area (Å²) in [5, 5.41) is 7.05. The molecule has 6 nitrogen and oxygen atoms in total. The van der Waals surface area contributed by atoms with Crippen LogP contribution in [0.25, 0.3) is 117 Å². The van der Waals surface area contributed by atoms with Gasteiger partial charge in [-0.05, 0) is 66.7 Å². The van der Waals surface area contributed by atoms with Gasteiger partial charge in [0.1, 0.15) is 0 Å². The number of fused-ring (bicyclic) bond motifs is 10. The molecule has 0 aliphatic carbocycles. The Bertz CT molecular complexity index is 3830. The molecule has 0 saturated carbocycles. The molecule has 0 atom stereocenters. The number of hydrogen-bond donors (Lipinski definition) is 0. The molecule has 4 aromatic heterocycles. The molecule has 0 aliphatic heterocycles. The summed E-state index contributed by atoms with van der Waals surface area (Å²) in [7, 11) is 0. The lowest BCUT2D eigenvalue weighted by Gasteiger charge is -2.11. The lowest BCUT2D eigenvalue weighted by atomic mass is 10.0. The second-order valence-corrected chi connectivity index (χ2v) is 16.0. The topological polar surface area (TPSA) is 53.5 Å². The molecule has 13 rings (SSSR count). The zero-order valence-corrected chi connectivity index (χ0v) is 34.0. The molecule has 63 heavy (non-hydrogen) atoms. The molecule has 0 spiro atoms. The van der Waals surface area contributed by atoms with E-state index in [1.807, 2.05) is 36.4 Å². The predicted molar refractivity (Wildman–Crippen MR) is 259 cm³/mol. The van der Waals surface area contributed by atoms with Crippen LogP contribution in [0.3, 0.4) is 0 Å². The summed E-state index contributed by atoms with van der Waals surface area (Å²) >= 11 is 0. The molecule has 0 unspecified atom stereocenters. The Balaban J connectivity index is 1.14. The van der Waals surface area contributed by atoms with Crippen molar-refractivity contribution in [2.45, 2.75) is 0 Å². The van der Waals surface area contributed by atoms with Crippen molar-refractivity contribution in [3.8, 4) is 51.2 Å². The van der Waals surface area contributed by atoms with Crippen LogP contribution in [0.15, 0.2) is 218 Å². The van der Waals surface area contributed by atoms with Gasteiger partial charge in [-0.1, -0.05) is 152 Å². The quantitative estimate of drug-likeness (QED) is 0.168. The Labute approximate surface area is 362 Å². The Morgan fingerprint density at radius 1 is 0.270 bits per heavy atom. The Hall–Kier alpha value is -8.61.